The minimum absolute atomic E-state index is 0.0968. The molecule has 2 amide bonds. The summed E-state index contributed by atoms with van der Waals surface area (Å²) in [5.41, 5.74) is 3.06. The summed E-state index contributed by atoms with van der Waals surface area (Å²) in [6, 6.07) is 8.98. The fraction of sp³-hybridized carbons (Fsp3) is 0.409. The number of rotatable bonds is 6. The Balaban J connectivity index is 0.000000204. The van der Waals surface area contributed by atoms with Gasteiger partial charge in [-0.2, -0.15) is 5.10 Å². The maximum Gasteiger partial charge on any atom is 0.231 e. The van der Waals surface area contributed by atoms with E-state index in [-0.39, 0.29) is 31.3 Å². The van der Waals surface area contributed by atoms with Crippen LogP contribution in [0.1, 0.15) is 49.9 Å². The predicted molar refractivity (Wildman–Crippen MR) is 127 cm³/mol. The highest BCUT2D eigenvalue weighted by Gasteiger charge is 2.05. The quantitative estimate of drug-likeness (QED) is 0.497. The molecule has 0 aromatic carbocycles. The second-order valence-corrected chi connectivity index (χ2v) is 7.97. The van der Waals surface area contributed by atoms with Gasteiger partial charge < -0.3 is 15.7 Å². The van der Waals surface area contributed by atoms with Crippen molar-refractivity contribution in [1.29, 1.82) is 0 Å². The van der Waals surface area contributed by atoms with Crippen LogP contribution in [-0.2, 0) is 16.0 Å². The molecule has 0 unspecified atom stereocenters. The first kappa shape index (κ1) is 25.9. The van der Waals surface area contributed by atoms with E-state index in [0.29, 0.717) is 10.9 Å². The third kappa shape index (κ3) is 11.8. The second-order valence-electron chi connectivity index (χ2n) is 7.14. The van der Waals surface area contributed by atoms with E-state index < -0.39 is 0 Å². The Kier molecular flexibility index (Phi) is 12.2. The Morgan fingerprint density at radius 2 is 1.73 bits per heavy atom. The monoisotopic (exact) mass is 471 g/mol. The van der Waals surface area contributed by atoms with Crippen LogP contribution in [0.3, 0.4) is 0 Å². The number of anilines is 2. The van der Waals surface area contributed by atoms with Gasteiger partial charge in [-0.1, -0.05) is 49.5 Å². The molecular formula is C22H29N7O3S. The van der Waals surface area contributed by atoms with E-state index in [9.17, 15) is 9.59 Å². The highest BCUT2D eigenvalue weighted by Crippen LogP contribution is 2.15. The molecule has 176 valence electrons. The molecule has 0 radical (unpaired) electrons. The molecule has 0 bridgehead atoms. The smallest absolute Gasteiger partial charge is 0.231 e. The normalized spacial score (nSPS) is 11.9. The van der Waals surface area contributed by atoms with Gasteiger partial charge in [0.05, 0.1) is 25.1 Å². The fourth-order valence-electron chi connectivity index (χ4n) is 2.71. The predicted octanol–water partition coefficient (Wildman–Crippen LogP) is 3.17. The van der Waals surface area contributed by atoms with Crippen molar-refractivity contribution in [2.75, 3.05) is 17.2 Å². The van der Waals surface area contributed by atoms with Gasteiger partial charge in [-0.25, -0.2) is 0 Å². The second kappa shape index (κ2) is 15.5. The van der Waals surface area contributed by atoms with E-state index in [0.717, 1.165) is 11.4 Å². The lowest BCUT2D eigenvalue weighted by atomic mass is 10.2. The molecule has 3 N–H and O–H groups in total. The largest absolute Gasteiger partial charge is 0.396 e. The van der Waals surface area contributed by atoms with Crippen LogP contribution in [0.25, 0.3) is 0 Å². The average molecular weight is 472 g/mol. The Labute approximate surface area is 196 Å². The van der Waals surface area contributed by atoms with Crippen LogP contribution in [0, 0.1) is 6.92 Å². The maximum atomic E-state index is 11.6. The molecule has 3 heterocycles. The molecule has 0 saturated heterocycles. The topological polar surface area (TPSA) is 143 Å². The number of hydrogen-bond acceptors (Lipinski definition) is 9. The zero-order valence-corrected chi connectivity index (χ0v) is 19.4. The third-order valence-corrected chi connectivity index (χ3v) is 4.94. The van der Waals surface area contributed by atoms with Crippen LogP contribution in [0.4, 0.5) is 10.9 Å². The van der Waals surface area contributed by atoms with Gasteiger partial charge >= 0.3 is 0 Å². The summed E-state index contributed by atoms with van der Waals surface area (Å²) >= 11 is 1.24. The zero-order chi connectivity index (χ0) is 23.7. The van der Waals surface area contributed by atoms with Crippen LogP contribution in [0.15, 0.2) is 42.0 Å². The van der Waals surface area contributed by atoms with Gasteiger partial charge in [-0.15, -0.1) is 15.3 Å². The van der Waals surface area contributed by atoms with Crippen molar-refractivity contribution < 1.29 is 14.7 Å². The Hall–Kier alpha value is -3.31. The van der Waals surface area contributed by atoms with Crippen molar-refractivity contribution in [1.82, 2.24) is 25.4 Å². The van der Waals surface area contributed by atoms with Crippen molar-refractivity contribution in [3.05, 3.63) is 53.4 Å². The zero-order valence-electron chi connectivity index (χ0n) is 18.6. The average Bonchev–Trinajstić information content (AvgIpc) is 3.54. The first-order valence-corrected chi connectivity index (χ1v) is 11.6. The number of carbonyl (C=O) groups is 2. The third-order valence-electron chi connectivity index (χ3n) is 4.33. The molecule has 4 rings (SSSR count). The lowest BCUT2D eigenvalue weighted by Crippen LogP contribution is -2.16. The lowest BCUT2D eigenvalue weighted by molar-refractivity contribution is -0.117. The molecule has 3 aromatic heterocycles. The van der Waals surface area contributed by atoms with Crippen LogP contribution >= 0.6 is 11.3 Å². The molecule has 1 fully saturated rings. The van der Waals surface area contributed by atoms with E-state index in [1.165, 1.54) is 49.0 Å². The van der Waals surface area contributed by atoms with Crippen LogP contribution in [-0.4, -0.2) is 48.9 Å². The number of nitrogens with one attached hydrogen (secondary N) is 2. The molecule has 1 aliphatic rings. The number of nitrogens with zero attached hydrogens (tertiary/aromatic N) is 5. The minimum atomic E-state index is -0.246. The van der Waals surface area contributed by atoms with Crippen molar-refractivity contribution >= 4 is 34.1 Å². The number of pyridine rings is 1. The Bertz CT molecular complexity index is 927. The van der Waals surface area contributed by atoms with Gasteiger partial charge in [0, 0.05) is 11.9 Å². The van der Waals surface area contributed by atoms with E-state index in [2.05, 4.69) is 36.0 Å². The van der Waals surface area contributed by atoms with Crippen LogP contribution < -0.4 is 10.6 Å². The Morgan fingerprint density at radius 3 is 2.27 bits per heavy atom. The summed E-state index contributed by atoms with van der Waals surface area (Å²) in [7, 11) is 0. The first-order chi connectivity index (χ1) is 16.1. The first-order valence-electron chi connectivity index (χ1n) is 10.7. The number of amides is 2. The number of aryl methyl sites for hydroxylation is 1. The molecule has 0 aliphatic heterocycles. The number of hydrogen-bond donors (Lipinski definition) is 3. The molecule has 10 nitrogen and oxygen atoms in total. The van der Waals surface area contributed by atoms with Crippen molar-refractivity contribution in [2.45, 2.75) is 51.9 Å². The van der Waals surface area contributed by atoms with E-state index >= 15 is 0 Å². The highest BCUT2D eigenvalue weighted by molar-refractivity contribution is 7.13. The van der Waals surface area contributed by atoms with Gasteiger partial charge in [0.1, 0.15) is 5.51 Å². The van der Waals surface area contributed by atoms with Crippen molar-refractivity contribution in [2.24, 2.45) is 0 Å². The van der Waals surface area contributed by atoms with Crippen molar-refractivity contribution in [3.63, 3.8) is 0 Å². The summed E-state index contributed by atoms with van der Waals surface area (Å²) in [5.74, 6) is 0.0580. The van der Waals surface area contributed by atoms with Gasteiger partial charge in [-0.3, -0.25) is 14.6 Å². The highest BCUT2D eigenvalue weighted by atomic mass is 32.1. The van der Waals surface area contributed by atoms with E-state index in [4.69, 9.17) is 5.11 Å². The summed E-state index contributed by atoms with van der Waals surface area (Å²) in [6.07, 6.45) is 9.49. The van der Waals surface area contributed by atoms with Gasteiger partial charge in [0.15, 0.2) is 5.82 Å². The molecule has 0 atom stereocenters. The summed E-state index contributed by atoms with van der Waals surface area (Å²) in [4.78, 5) is 26.5. The van der Waals surface area contributed by atoms with Gasteiger partial charge in [-0.05, 0) is 31.2 Å². The van der Waals surface area contributed by atoms with E-state index in [1.807, 2.05) is 19.1 Å². The fourth-order valence-corrected chi connectivity index (χ4v) is 3.18. The SMILES string of the molecule is C1CCCC1.Cc1ccc(NC(=O)Cc2ccccn2)nn1.O=C(CCO)Nc1nncs1. The number of aliphatic hydroxyl groups excluding tert-OH is 1. The summed E-state index contributed by atoms with van der Waals surface area (Å²) in [5, 5.41) is 28.8. The molecule has 11 heteroatoms. The molecule has 33 heavy (non-hydrogen) atoms. The van der Waals surface area contributed by atoms with E-state index in [1.54, 1.807) is 24.4 Å². The summed E-state index contributed by atoms with van der Waals surface area (Å²) < 4.78 is 0. The maximum absolute atomic E-state index is 11.6. The molecule has 1 saturated carbocycles. The minimum Gasteiger partial charge on any atom is -0.396 e. The van der Waals surface area contributed by atoms with Gasteiger partial charge in [0.25, 0.3) is 0 Å². The Morgan fingerprint density at radius 1 is 0.970 bits per heavy atom. The van der Waals surface area contributed by atoms with Crippen LogP contribution in [0.2, 0.25) is 0 Å². The van der Waals surface area contributed by atoms with Crippen molar-refractivity contribution in [3.8, 4) is 0 Å². The standard InChI is InChI=1S/C12H12N4O.C5H7N3O2S.C5H10/c1-9-5-6-11(16-15-9)14-12(17)8-10-4-2-3-7-13-10;9-2-1-4(10)7-5-8-6-3-11-5;1-2-4-5-3-1/h2-7H,8H2,1H3,(H,14,16,17);3,9H,1-2H2,(H,7,8,10);1-5H2. The number of carbonyl (C=O) groups excluding carboxylic acids is 2. The van der Waals surface area contributed by atoms with Crippen LogP contribution in [0.5, 0.6) is 0 Å². The molecule has 3 aromatic rings. The molecule has 0 spiro atoms. The van der Waals surface area contributed by atoms with Gasteiger partial charge in [0.2, 0.25) is 16.9 Å². The lowest BCUT2D eigenvalue weighted by Gasteiger charge is -2.03. The molecule has 1 aliphatic carbocycles. The number of aromatic nitrogens is 5. The molecular weight excluding hydrogens is 442 g/mol. The number of aliphatic hydroxyl groups is 1. The summed E-state index contributed by atoms with van der Waals surface area (Å²) in [6.45, 7) is 1.69.